The second kappa shape index (κ2) is 9.01. The van der Waals surface area contributed by atoms with Gasteiger partial charge in [0, 0.05) is 22.2 Å². The Morgan fingerprint density at radius 2 is 1.78 bits per heavy atom. The average Bonchev–Trinajstić information content (AvgIpc) is 3.24. The number of aliphatic carboxylic acids is 1. The third kappa shape index (κ3) is 4.06. The van der Waals surface area contributed by atoms with Gasteiger partial charge in [0.2, 0.25) is 0 Å². The lowest BCUT2D eigenvalue weighted by Gasteiger charge is -2.29. The minimum absolute atomic E-state index is 0.349. The van der Waals surface area contributed by atoms with E-state index in [9.17, 15) is 19.1 Å². The van der Waals surface area contributed by atoms with Crippen LogP contribution in [0.5, 0.6) is 5.75 Å². The standard InChI is InChI=1S/C25H21ClFNO4/c1-32-23-14-17(27)10-11-18(23)15-6-8-16(9-7-15)24(29)28-21(12-13-22(28)25(30)31)19-4-2-3-5-20(19)26/h2-11,14,21-22H,12-13H2,1H3,(H,30,31)/t21-,22+/m1/s1. The number of carboxylic acid groups (broad SMARTS) is 1. The van der Waals surface area contributed by atoms with E-state index in [1.54, 1.807) is 42.5 Å². The van der Waals surface area contributed by atoms with E-state index >= 15 is 0 Å². The fourth-order valence-corrected chi connectivity index (χ4v) is 4.49. The fourth-order valence-electron chi connectivity index (χ4n) is 4.23. The third-order valence-electron chi connectivity index (χ3n) is 5.78. The Hall–Kier alpha value is -3.38. The van der Waals surface area contributed by atoms with Crippen LogP contribution in [-0.2, 0) is 4.79 Å². The molecule has 1 N–H and O–H groups in total. The number of ether oxygens (including phenoxy) is 1. The first-order chi connectivity index (χ1) is 15.4. The molecule has 3 aromatic rings. The summed E-state index contributed by atoms with van der Waals surface area (Å²) in [5, 5.41) is 10.2. The highest BCUT2D eigenvalue weighted by molar-refractivity contribution is 6.31. The zero-order valence-corrected chi connectivity index (χ0v) is 18.1. The van der Waals surface area contributed by atoms with Crippen LogP contribution in [0.1, 0.15) is 34.8 Å². The summed E-state index contributed by atoms with van der Waals surface area (Å²) in [6.45, 7) is 0. The van der Waals surface area contributed by atoms with Gasteiger partial charge in [0.1, 0.15) is 17.6 Å². The maximum atomic E-state index is 13.5. The smallest absolute Gasteiger partial charge is 0.326 e. The molecule has 1 aliphatic heterocycles. The molecule has 3 aromatic carbocycles. The van der Waals surface area contributed by atoms with Crippen molar-refractivity contribution >= 4 is 23.5 Å². The summed E-state index contributed by atoms with van der Waals surface area (Å²) < 4.78 is 18.8. The number of rotatable bonds is 5. The van der Waals surface area contributed by atoms with Crippen molar-refractivity contribution in [2.45, 2.75) is 24.9 Å². The van der Waals surface area contributed by atoms with Gasteiger partial charge in [-0.05, 0) is 54.3 Å². The molecule has 1 amide bonds. The third-order valence-corrected chi connectivity index (χ3v) is 6.12. The molecule has 2 atom stereocenters. The molecule has 7 heteroatoms. The van der Waals surface area contributed by atoms with Crippen LogP contribution in [0.4, 0.5) is 4.39 Å². The molecular weight excluding hydrogens is 433 g/mol. The Morgan fingerprint density at radius 3 is 2.44 bits per heavy atom. The van der Waals surface area contributed by atoms with Crippen molar-refractivity contribution < 1.29 is 23.8 Å². The predicted molar refractivity (Wildman–Crippen MR) is 119 cm³/mol. The van der Waals surface area contributed by atoms with Crippen molar-refractivity contribution in [2.24, 2.45) is 0 Å². The number of hydrogen-bond donors (Lipinski definition) is 1. The van der Waals surface area contributed by atoms with Crippen LogP contribution in [0.25, 0.3) is 11.1 Å². The summed E-state index contributed by atoms with van der Waals surface area (Å²) in [5.41, 5.74) is 2.53. The number of carbonyl (C=O) groups is 2. The highest BCUT2D eigenvalue weighted by Gasteiger charge is 2.42. The molecule has 164 valence electrons. The second-order valence-electron chi connectivity index (χ2n) is 7.60. The minimum Gasteiger partial charge on any atom is -0.496 e. The highest BCUT2D eigenvalue weighted by atomic mass is 35.5. The van der Waals surface area contributed by atoms with E-state index in [-0.39, 0.29) is 5.91 Å². The summed E-state index contributed by atoms with van der Waals surface area (Å²) in [6.07, 6.45) is 0.860. The number of benzene rings is 3. The van der Waals surface area contributed by atoms with Crippen LogP contribution in [0, 0.1) is 5.82 Å². The predicted octanol–water partition coefficient (Wildman–Crippen LogP) is 5.59. The van der Waals surface area contributed by atoms with E-state index in [1.807, 2.05) is 12.1 Å². The van der Waals surface area contributed by atoms with E-state index in [0.717, 1.165) is 11.1 Å². The first kappa shape index (κ1) is 21.8. The average molecular weight is 454 g/mol. The molecule has 0 spiro atoms. The van der Waals surface area contributed by atoms with E-state index in [4.69, 9.17) is 16.3 Å². The quantitative estimate of drug-likeness (QED) is 0.547. The molecule has 32 heavy (non-hydrogen) atoms. The van der Waals surface area contributed by atoms with Crippen molar-refractivity contribution in [3.8, 4) is 16.9 Å². The second-order valence-corrected chi connectivity index (χ2v) is 8.01. The van der Waals surface area contributed by atoms with Crippen LogP contribution >= 0.6 is 11.6 Å². The van der Waals surface area contributed by atoms with E-state index in [1.165, 1.54) is 24.1 Å². The first-order valence-corrected chi connectivity index (χ1v) is 10.5. The Morgan fingerprint density at radius 1 is 1.06 bits per heavy atom. The van der Waals surface area contributed by atoms with Crippen LogP contribution in [-0.4, -0.2) is 35.0 Å². The molecule has 0 unspecified atom stereocenters. The van der Waals surface area contributed by atoms with E-state index in [0.29, 0.717) is 34.7 Å². The lowest BCUT2D eigenvalue weighted by molar-refractivity contribution is -0.141. The van der Waals surface area contributed by atoms with Crippen LogP contribution in [0.15, 0.2) is 66.7 Å². The first-order valence-electron chi connectivity index (χ1n) is 10.1. The van der Waals surface area contributed by atoms with Crippen molar-refractivity contribution in [3.05, 3.63) is 88.7 Å². The highest BCUT2D eigenvalue weighted by Crippen LogP contribution is 2.40. The number of hydrogen-bond acceptors (Lipinski definition) is 3. The molecule has 1 aliphatic rings. The number of carboxylic acids is 1. The van der Waals surface area contributed by atoms with Crippen LogP contribution < -0.4 is 4.74 Å². The summed E-state index contributed by atoms with van der Waals surface area (Å²) in [6, 6.07) is 16.8. The minimum atomic E-state index is -1.04. The molecule has 0 aromatic heterocycles. The van der Waals surface area contributed by atoms with Gasteiger partial charge in [0.05, 0.1) is 13.2 Å². The van der Waals surface area contributed by atoms with Gasteiger partial charge in [0.15, 0.2) is 0 Å². The Kier molecular flexibility index (Phi) is 6.15. The van der Waals surface area contributed by atoms with Gasteiger partial charge in [-0.15, -0.1) is 0 Å². The van der Waals surface area contributed by atoms with Gasteiger partial charge in [-0.25, -0.2) is 9.18 Å². The summed E-state index contributed by atoms with van der Waals surface area (Å²) in [5.74, 6) is -1.44. The molecule has 0 aliphatic carbocycles. The van der Waals surface area contributed by atoms with Gasteiger partial charge in [0.25, 0.3) is 5.91 Å². The largest absolute Gasteiger partial charge is 0.496 e. The summed E-state index contributed by atoms with van der Waals surface area (Å²) in [4.78, 5) is 26.7. The van der Waals surface area contributed by atoms with Gasteiger partial charge < -0.3 is 14.7 Å². The summed E-state index contributed by atoms with van der Waals surface area (Å²) in [7, 11) is 1.46. The van der Waals surface area contributed by atoms with Crippen molar-refractivity contribution in [1.29, 1.82) is 0 Å². The normalized spacial score (nSPS) is 17.9. The van der Waals surface area contributed by atoms with Gasteiger partial charge in [-0.3, -0.25) is 4.79 Å². The van der Waals surface area contributed by atoms with Gasteiger partial charge in [-0.2, -0.15) is 0 Å². The lowest BCUT2D eigenvalue weighted by atomic mass is 10.0. The molecule has 5 nitrogen and oxygen atoms in total. The van der Waals surface area contributed by atoms with E-state index < -0.39 is 23.9 Å². The summed E-state index contributed by atoms with van der Waals surface area (Å²) >= 11 is 6.35. The number of likely N-dealkylation sites (tertiary alicyclic amines) is 1. The van der Waals surface area contributed by atoms with Crippen molar-refractivity contribution in [3.63, 3.8) is 0 Å². The molecule has 0 bridgehead atoms. The SMILES string of the molecule is COc1cc(F)ccc1-c1ccc(C(=O)N2[C@@H](c3ccccc3Cl)CC[C@H]2C(=O)O)cc1. The number of amides is 1. The zero-order chi connectivity index (χ0) is 22.8. The maximum absolute atomic E-state index is 13.5. The Bertz CT molecular complexity index is 1160. The number of nitrogens with zero attached hydrogens (tertiary/aromatic N) is 1. The van der Waals surface area contributed by atoms with Crippen LogP contribution in [0.2, 0.25) is 5.02 Å². The molecule has 1 saturated heterocycles. The van der Waals surface area contributed by atoms with Gasteiger partial charge in [-0.1, -0.05) is 41.9 Å². The zero-order valence-electron chi connectivity index (χ0n) is 17.3. The Balaban J connectivity index is 1.67. The fraction of sp³-hybridized carbons (Fsp3) is 0.200. The van der Waals surface area contributed by atoms with Gasteiger partial charge >= 0.3 is 5.97 Å². The number of carbonyl (C=O) groups excluding carboxylic acids is 1. The molecular formula is C25H21ClFNO4. The lowest BCUT2D eigenvalue weighted by Crippen LogP contribution is -2.41. The molecule has 1 fully saturated rings. The number of halogens is 2. The number of methoxy groups -OCH3 is 1. The molecule has 4 rings (SSSR count). The van der Waals surface area contributed by atoms with Crippen molar-refractivity contribution in [1.82, 2.24) is 4.90 Å². The maximum Gasteiger partial charge on any atom is 0.326 e. The molecule has 0 saturated carbocycles. The monoisotopic (exact) mass is 453 g/mol. The Labute approximate surface area is 190 Å². The van der Waals surface area contributed by atoms with E-state index in [2.05, 4.69) is 0 Å². The molecule has 0 radical (unpaired) electrons. The molecule has 1 heterocycles. The van der Waals surface area contributed by atoms with Crippen molar-refractivity contribution in [2.75, 3.05) is 7.11 Å². The van der Waals surface area contributed by atoms with Crippen LogP contribution in [0.3, 0.4) is 0 Å². The topological polar surface area (TPSA) is 66.8 Å².